The number of carbonyl (C=O) groups is 2. The van der Waals surface area contributed by atoms with Crippen LogP contribution in [-0.4, -0.2) is 40.7 Å². The summed E-state index contributed by atoms with van der Waals surface area (Å²) >= 11 is 0. The van der Waals surface area contributed by atoms with Crippen LogP contribution in [0.2, 0.25) is 0 Å². The fourth-order valence-electron chi connectivity index (χ4n) is 3.07. The number of nitrogens with one attached hydrogen (secondary N) is 2. The van der Waals surface area contributed by atoms with E-state index in [0.717, 1.165) is 30.5 Å². The van der Waals surface area contributed by atoms with Gasteiger partial charge in [0.1, 0.15) is 5.82 Å². The molecule has 8 heteroatoms. The van der Waals surface area contributed by atoms with Crippen LogP contribution in [0.15, 0.2) is 23.5 Å². The minimum atomic E-state index is -0.507. The molecule has 1 unspecified atom stereocenters. The van der Waals surface area contributed by atoms with E-state index >= 15 is 0 Å². The number of oxime groups is 1. The zero-order valence-corrected chi connectivity index (χ0v) is 14.9. The Morgan fingerprint density at radius 2 is 2.04 bits per heavy atom. The highest BCUT2D eigenvalue weighted by Gasteiger charge is 2.35. The second-order valence-corrected chi connectivity index (χ2v) is 6.84. The summed E-state index contributed by atoms with van der Waals surface area (Å²) in [7, 11) is 0. The Labute approximate surface area is 152 Å². The number of anilines is 1. The van der Waals surface area contributed by atoms with Crippen molar-refractivity contribution in [3.05, 3.63) is 23.9 Å². The van der Waals surface area contributed by atoms with Crippen molar-refractivity contribution in [2.24, 2.45) is 5.16 Å². The molecule has 2 heterocycles. The summed E-state index contributed by atoms with van der Waals surface area (Å²) in [4.78, 5) is 33.3. The van der Waals surface area contributed by atoms with Crippen LogP contribution in [-0.2, 0) is 20.8 Å². The number of nitrogens with two attached hydrogens (primary N) is 1. The molecule has 1 aliphatic heterocycles. The van der Waals surface area contributed by atoms with Crippen molar-refractivity contribution in [3.63, 3.8) is 0 Å². The third-order valence-electron chi connectivity index (χ3n) is 4.77. The van der Waals surface area contributed by atoms with Crippen LogP contribution in [0.25, 0.3) is 0 Å². The third-order valence-corrected chi connectivity index (χ3v) is 4.77. The lowest BCUT2D eigenvalue weighted by atomic mass is 9.86. The monoisotopic (exact) mass is 359 g/mol. The largest absolute Gasteiger partial charge is 0.384 e. The van der Waals surface area contributed by atoms with E-state index in [1.165, 1.54) is 0 Å². The van der Waals surface area contributed by atoms with Gasteiger partial charge in [0, 0.05) is 31.1 Å². The van der Waals surface area contributed by atoms with Crippen molar-refractivity contribution in [3.8, 4) is 0 Å². The van der Waals surface area contributed by atoms with Crippen LogP contribution in [0, 0.1) is 0 Å². The highest BCUT2D eigenvalue weighted by molar-refractivity contribution is 5.92. The number of nitrogen functional groups attached to an aromatic ring is 1. The van der Waals surface area contributed by atoms with E-state index in [9.17, 15) is 9.59 Å². The van der Waals surface area contributed by atoms with Gasteiger partial charge in [-0.1, -0.05) is 18.1 Å². The fraction of sp³-hybridized carbons (Fsp3) is 0.556. The van der Waals surface area contributed by atoms with Crippen LogP contribution in [0.1, 0.15) is 44.6 Å². The quantitative estimate of drug-likeness (QED) is 0.669. The highest BCUT2D eigenvalue weighted by Crippen LogP contribution is 2.21. The second-order valence-electron chi connectivity index (χ2n) is 6.84. The van der Waals surface area contributed by atoms with Crippen molar-refractivity contribution in [2.75, 3.05) is 5.73 Å². The Balaban J connectivity index is 1.30. The van der Waals surface area contributed by atoms with Gasteiger partial charge in [-0.25, -0.2) is 4.98 Å². The fourth-order valence-corrected chi connectivity index (χ4v) is 3.07. The van der Waals surface area contributed by atoms with Crippen molar-refractivity contribution in [1.29, 1.82) is 0 Å². The molecule has 1 aromatic heterocycles. The normalized spacial score (nSPS) is 24.2. The number of pyridine rings is 1. The molecule has 0 spiro atoms. The molecule has 0 radical (unpaired) electrons. The highest BCUT2D eigenvalue weighted by atomic mass is 16.6. The number of aryl methyl sites for hydroxylation is 1. The lowest BCUT2D eigenvalue weighted by Crippen LogP contribution is -2.55. The first-order valence-electron chi connectivity index (χ1n) is 9.05. The van der Waals surface area contributed by atoms with Crippen LogP contribution < -0.4 is 16.4 Å². The minimum absolute atomic E-state index is 0.0108. The average Bonchev–Trinajstić information content (AvgIpc) is 3.08. The summed E-state index contributed by atoms with van der Waals surface area (Å²) in [6, 6.07) is 3.81. The molecule has 1 atom stereocenters. The first-order chi connectivity index (χ1) is 12.5. The molecule has 0 saturated heterocycles. The molecular weight excluding hydrogens is 334 g/mol. The number of hydrogen-bond donors (Lipinski definition) is 3. The summed E-state index contributed by atoms with van der Waals surface area (Å²) < 4.78 is 0. The van der Waals surface area contributed by atoms with Crippen molar-refractivity contribution in [2.45, 2.75) is 63.6 Å². The average molecular weight is 359 g/mol. The molecule has 0 aromatic carbocycles. The number of nitrogens with zero attached hydrogens (tertiary/aromatic N) is 2. The molecule has 1 saturated carbocycles. The molecule has 1 fully saturated rings. The Hall–Kier alpha value is -2.64. The smallest absolute Gasteiger partial charge is 0.264 e. The number of rotatable bonds is 7. The lowest BCUT2D eigenvalue weighted by Gasteiger charge is -2.36. The summed E-state index contributed by atoms with van der Waals surface area (Å²) in [5.74, 6) is 0.362. The molecule has 2 amide bonds. The third kappa shape index (κ3) is 4.71. The maximum absolute atomic E-state index is 12.1. The van der Waals surface area contributed by atoms with E-state index in [1.807, 2.05) is 13.0 Å². The van der Waals surface area contributed by atoms with Crippen LogP contribution in [0.5, 0.6) is 0 Å². The molecule has 1 aliphatic carbocycles. The van der Waals surface area contributed by atoms with Gasteiger partial charge in [0.15, 0.2) is 0 Å². The van der Waals surface area contributed by atoms with Crippen molar-refractivity contribution >= 4 is 23.3 Å². The van der Waals surface area contributed by atoms with E-state index in [0.29, 0.717) is 25.1 Å². The maximum atomic E-state index is 12.1. The van der Waals surface area contributed by atoms with Gasteiger partial charge in [0.05, 0.1) is 5.71 Å². The van der Waals surface area contributed by atoms with Gasteiger partial charge < -0.3 is 21.2 Å². The Morgan fingerprint density at radius 3 is 2.69 bits per heavy atom. The Kier molecular flexibility index (Phi) is 5.70. The molecule has 2 aliphatic rings. The van der Waals surface area contributed by atoms with Gasteiger partial charge in [-0.2, -0.15) is 0 Å². The van der Waals surface area contributed by atoms with Gasteiger partial charge in [-0.05, 0) is 37.3 Å². The topological polar surface area (TPSA) is 119 Å². The maximum Gasteiger partial charge on any atom is 0.264 e. The van der Waals surface area contributed by atoms with Crippen molar-refractivity contribution < 1.29 is 14.4 Å². The standard InChI is InChI=1S/C18H25N5O3/c1-2-12-9-15(26-23-12)18(25)22-14-7-13(8-14)21-17(24)6-4-11-3-5-16(19)20-10-11/h3,5,10,13-15H,2,4,6-9H2,1H3,(H2,19,20)(H,21,24)(H,22,25). The molecule has 26 heavy (non-hydrogen) atoms. The number of hydrogen-bond acceptors (Lipinski definition) is 6. The molecule has 140 valence electrons. The van der Waals surface area contributed by atoms with Crippen LogP contribution in [0.3, 0.4) is 0 Å². The van der Waals surface area contributed by atoms with Gasteiger partial charge in [0.25, 0.3) is 5.91 Å². The lowest BCUT2D eigenvalue weighted by molar-refractivity contribution is -0.132. The zero-order chi connectivity index (χ0) is 18.5. The van der Waals surface area contributed by atoms with E-state index in [4.69, 9.17) is 10.6 Å². The number of amides is 2. The number of carbonyl (C=O) groups excluding carboxylic acids is 2. The summed E-state index contributed by atoms with van der Waals surface area (Å²) in [6.45, 7) is 1.99. The van der Waals surface area contributed by atoms with Gasteiger partial charge in [-0.3, -0.25) is 9.59 Å². The molecular formula is C18H25N5O3. The Morgan fingerprint density at radius 1 is 1.27 bits per heavy atom. The first-order valence-corrected chi connectivity index (χ1v) is 9.05. The van der Waals surface area contributed by atoms with Gasteiger partial charge in [0.2, 0.25) is 12.0 Å². The molecule has 1 aromatic rings. The second kappa shape index (κ2) is 8.16. The van der Waals surface area contributed by atoms with E-state index in [-0.39, 0.29) is 23.9 Å². The predicted octanol–water partition coefficient (Wildman–Crippen LogP) is 0.915. The van der Waals surface area contributed by atoms with E-state index < -0.39 is 6.10 Å². The molecule has 8 nitrogen and oxygen atoms in total. The van der Waals surface area contributed by atoms with E-state index in [2.05, 4.69) is 20.8 Å². The molecule has 4 N–H and O–H groups in total. The summed E-state index contributed by atoms with van der Waals surface area (Å²) in [5, 5.41) is 9.86. The Bertz CT molecular complexity index is 683. The van der Waals surface area contributed by atoms with Gasteiger partial charge >= 0.3 is 0 Å². The minimum Gasteiger partial charge on any atom is -0.384 e. The van der Waals surface area contributed by atoms with Crippen LogP contribution >= 0.6 is 0 Å². The predicted molar refractivity (Wildman–Crippen MR) is 97.3 cm³/mol. The SMILES string of the molecule is CCC1=NOC(C(=O)NC2CC(NC(=O)CCc3ccc(N)nc3)C2)C1. The summed E-state index contributed by atoms with van der Waals surface area (Å²) in [6.07, 6.45) is 5.08. The van der Waals surface area contributed by atoms with Crippen molar-refractivity contribution in [1.82, 2.24) is 15.6 Å². The van der Waals surface area contributed by atoms with E-state index in [1.54, 1.807) is 12.3 Å². The first kappa shape index (κ1) is 18.2. The van der Waals surface area contributed by atoms with Gasteiger partial charge in [-0.15, -0.1) is 0 Å². The van der Waals surface area contributed by atoms with Crippen LogP contribution in [0.4, 0.5) is 5.82 Å². The molecule has 3 rings (SSSR count). The zero-order valence-electron chi connectivity index (χ0n) is 14.9. The summed E-state index contributed by atoms with van der Waals surface area (Å²) in [5.41, 5.74) is 7.44. The molecule has 0 bridgehead atoms. The number of aromatic nitrogens is 1.